The number of nitrogens with zero attached hydrogens (tertiary/aromatic N) is 7. The molecule has 0 saturated carbocycles. The minimum atomic E-state index is -3.25. The highest BCUT2D eigenvalue weighted by molar-refractivity contribution is 7.89. The van der Waals surface area contributed by atoms with E-state index < -0.39 is 10.0 Å². The van der Waals surface area contributed by atoms with E-state index in [1.807, 2.05) is 36.5 Å². The van der Waals surface area contributed by atoms with Crippen molar-refractivity contribution in [3.63, 3.8) is 0 Å². The topological polar surface area (TPSA) is 98.8 Å². The normalized spacial score (nSPS) is 15.8. The highest BCUT2D eigenvalue weighted by atomic mass is 32.2. The van der Waals surface area contributed by atoms with Crippen LogP contribution in [0.25, 0.3) is 0 Å². The van der Waals surface area contributed by atoms with Crippen LogP contribution >= 0.6 is 0 Å². The molecule has 0 radical (unpaired) electrons. The Morgan fingerprint density at radius 1 is 1.08 bits per heavy atom. The molecule has 3 heterocycles. The Balaban J connectivity index is 1.31. The van der Waals surface area contributed by atoms with Gasteiger partial charge in [-0.05, 0) is 12.0 Å². The third kappa shape index (κ3) is 3.65. The average Bonchev–Trinajstić information content (AvgIpc) is 3.25. The molecular formula is C16H19N7O2S. The lowest BCUT2D eigenvalue weighted by atomic mass is 10.2. The lowest BCUT2D eigenvalue weighted by Gasteiger charge is -2.37. The zero-order valence-corrected chi connectivity index (χ0v) is 14.9. The largest absolute Gasteiger partial charge is 0.246 e. The monoisotopic (exact) mass is 373 g/mol. The van der Waals surface area contributed by atoms with Crippen LogP contribution in [0.2, 0.25) is 0 Å². The number of hydrogen-bond donors (Lipinski definition) is 0. The Morgan fingerprint density at radius 2 is 1.81 bits per heavy atom. The van der Waals surface area contributed by atoms with E-state index in [1.54, 1.807) is 17.1 Å². The van der Waals surface area contributed by atoms with Crippen molar-refractivity contribution in [3.05, 3.63) is 60.2 Å². The van der Waals surface area contributed by atoms with Gasteiger partial charge >= 0.3 is 0 Å². The van der Waals surface area contributed by atoms with Crippen LogP contribution in [-0.2, 0) is 23.0 Å². The van der Waals surface area contributed by atoms with Crippen LogP contribution in [0.4, 0.5) is 0 Å². The van der Waals surface area contributed by atoms with Gasteiger partial charge in [-0.25, -0.2) is 13.1 Å². The van der Waals surface area contributed by atoms with E-state index in [9.17, 15) is 8.42 Å². The summed E-state index contributed by atoms with van der Waals surface area (Å²) < 4.78 is 28.1. The molecule has 9 nitrogen and oxygen atoms in total. The molecule has 0 atom stereocenters. The SMILES string of the molecule is O=S(=O)(CCc1ccccc1)N1CC(n2cc(Cn3nccn3)nn2)C1. The summed E-state index contributed by atoms with van der Waals surface area (Å²) in [5.74, 6) is 0.122. The van der Waals surface area contributed by atoms with Crippen LogP contribution in [0.3, 0.4) is 0 Å². The quantitative estimate of drug-likeness (QED) is 0.592. The second-order valence-electron chi connectivity index (χ2n) is 6.27. The number of sulfonamides is 1. The van der Waals surface area contributed by atoms with Gasteiger partial charge in [0.1, 0.15) is 12.2 Å². The van der Waals surface area contributed by atoms with Gasteiger partial charge in [0.25, 0.3) is 0 Å². The van der Waals surface area contributed by atoms with Crippen LogP contribution in [0.1, 0.15) is 17.3 Å². The van der Waals surface area contributed by atoms with Crippen molar-refractivity contribution >= 4 is 10.0 Å². The van der Waals surface area contributed by atoms with Crippen LogP contribution in [0.15, 0.2) is 48.9 Å². The smallest absolute Gasteiger partial charge is 0.214 e. The molecule has 0 unspecified atom stereocenters. The molecule has 1 aliphatic heterocycles. The molecule has 2 aromatic heterocycles. The number of benzene rings is 1. The van der Waals surface area contributed by atoms with Gasteiger partial charge in [-0.1, -0.05) is 35.5 Å². The summed E-state index contributed by atoms with van der Waals surface area (Å²) in [5.41, 5.74) is 1.77. The predicted molar refractivity (Wildman–Crippen MR) is 93.7 cm³/mol. The summed E-state index contributed by atoms with van der Waals surface area (Å²) in [6.07, 6.45) is 5.56. The fraction of sp³-hybridized carbons (Fsp3) is 0.375. The van der Waals surface area contributed by atoms with Crippen LogP contribution in [0, 0.1) is 0 Å². The van der Waals surface area contributed by atoms with Gasteiger partial charge in [0, 0.05) is 13.1 Å². The minimum absolute atomic E-state index is 0.0216. The first-order valence-electron chi connectivity index (χ1n) is 8.37. The third-order valence-corrected chi connectivity index (χ3v) is 6.22. The van der Waals surface area contributed by atoms with Crippen molar-refractivity contribution in [2.24, 2.45) is 0 Å². The first-order chi connectivity index (χ1) is 12.6. The van der Waals surface area contributed by atoms with Crippen LogP contribution in [0.5, 0.6) is 0 Å². The van der Waals surface area contributed by atoms with Gasteiger partial charge in [-0.2, -0.15) is 19.3 Å². The Hall–Kier alpha value is -2.59. The summed E-state index contributed by atoms with van der Waals surface area (Å²) in [6, 6.07) is 9.67. The Labute approximate surface area is 151 Å². The zero-order chi connectivity index (χ0) is 18.0. The number of hydrogen-bond acceptors (Lipinski definition) is 6. The van der Waals surface area contributed by atoms with Gasteiger partial charge < -0.3 is 0 Å². The number of rotatable bonds is 7. The Morgan fingerprint density at radius 3 is 2.54 bits per heavy atom. The third-order valence-electron chi connectivity index (χ3n) is 4.42. The molecular weight excluding hydrogens is 354 g/mol. The first-order valence-corrected chi connectivity index (χ1v) is 9.98. The molecule has 1 fully saturated rings. The molecule has 1 saturated heterocycles. The van der Waals surface area contributed by atoms with E-state index in [-0.39, 0.29) is 11.8 Å². The number of aryl methyl sites for hydroxylation is 1. The van der Waals surface area contributed by atoms with Gasteiger partial charge in [0.05, 0.1) is 30.4 Å². The maximum absolute atomic E-state index is 12.4. The maximum atomic E-state index is 12.4. The maximum Gasteiger partial charge on any atom is 0.214 e. The molecule has 26 heavy (non-hydrogen) atoms. The van der Waals surface area contributed by atoms with Crippen molar-refractivity contribution in [1.29, 1.82) is 0 Å². The van der Waals surface area contributed by atoms with Crippen molar-refractivity contribution < 1.29 is 8.42 Å². The van der Waals surface area contributed by atoms with Gasteiger partial charge in [0.15, 0.2) is 0 Å². The van der Waals surface area contributed by atoms with Crippen molar-refractivity contribution in [3.8, 4) is 0 Å². The molecule has 0 spiro atoms. The summed E-state index contributed by atoms with van der Waals surface area (Å²) in [5, 5.41) is 16.3. The molecule has 0 aliphatic carbocycles. The number of aromatic nitrogens is 6. The fourth-order valence-electron chi connectivity index (χ4n) is 2.87. The highest BCUT2D eigenvalue weighted by Gasteiger charge is 2.37. The Kier molecular flexibility index (Phi) is 4.51. The Bertz CT molecular complexity index is 948. The summed E-state index contributed by atoms with van der Waals surface area (Å²) in [4.78, 5) is 1.52. The van der Waals surface area contributed by atoms with Gasteiger partial charge in [0.2, 0.25) is 10.0 Å². The molecule has 1 aliphatic rings. The second-order valence-corrected chi connectivity index (χ2v) is 8.36. The molecule has 0 bridgehead atoms. The van der Waals surface area contributed by atoms with Crippen LogP contribution < -0.4 is 0 Å². The zero-order valence-electron chi connectivity index (χ0n) is 14.1. The fourth-order valence-corrected chi connectivity index (χ4v) is 4.42. The highest BCUT2D eigenvalue weighted by Crippen LogP contribution is 2.24. The van der Waals surface area contributed by atoms with E-state index in [0.29, 0.717) is 26.1 Å². The molecule has 0 N–H and O–H groups in total. The average molecular weight is 373 g/mol. The van der Waals surface area contributed by atoms with E-state index in [2.05, 4.69) is 20.5 Å². The second kappa shape index (κ2) is 6.96. The summed E-state index contributed by atoms with van der Waals surface area (Å²) in [6.45, 7) is 1.30. The molecule has 136 valence electrons. The van der Waals surface area contributed by atoms with E-state index in [0.717, 1.165) is 11.3 Å². The van der Waals surface area contributed by atoms with Crippen molar-refractivity contribution in [2.45, 2.75) is 19.0 Å². The van der Waals surface area contributed by atoms with Gasteiger partial charge in [-0.3, -0.25) is 0 Å². The molecule has 3 aromatic rings. The lowest BCUT2D eigenvalue weighted by Crippen LogP contribution is -2.51. The first kappa shape index (κ1) is 16.9. The van der Waals surface area contributed by atoms with E-state index >= 15 is 0 Å². The van der Waals surface area contributed by atoms with E-state index in [4.69, 9.17) is 0 Å². The molecule has 4 rings (SSSR count). The van der Waals surface area contributed by atoms with Gasteiger partial charge in [-0.15, -0.1) is 5.10 Å². The van der Waals surface area contributed by atoms with E-state index in [1.165, 1.54) is 9.10 Å². The minimum Gasteiger partial charge on any atom is -0.246 e. The molecule has 0 amide bonds. The summed E-state index contributed by atoms with van der Waals surface area (Å²) in [7, 11) is -3.25. The lowest BCUT2D eigenvalue weighted by molar-refractivity contribution is 0.189. The standard InChI is InChI=1S/C16H19N7O2S/c24-26(25,9-6-14-4-2-1-3-5-14)21-12-16(13-21)22-10-15(19-20-22)11-23-17-7-8-18-23/h1-5,7-8,10,16H,6,9,11-13H2. The molecule has 10 heteroatoms. The van der Waals surface area contributed by atoms with Crippen molar-refractivity contribution in [2.75, 3.05) is 18.8 Å². The van der Waals surface area contributed by atoms with Crippen molar-refractivity contribution in [1.82, 2.24) is 34.3 Å². The predicted octanol–water partition coefficient (Wildman–Crippen LogP) is 0.347. The molecule has 1 aromatic carbocycles. The summed E-state index contributed by atoms with van der Waals surface area (Å²) >= 11 is 0. The van der Waals surface area contributed by atoms with Crippen LogP contribution in [-0.4, -0.2) is 61.6 Å².